The lowest BCUT2D eigenvalue weighted by atomic mass is 9.97. The maximum absolute atomic E-state index is 11.4. The molecule has 1 heteroatoms. The van der Waals surface area contributed by atoms with Crippen LogP contribution in [0.1, 0.15) is 22.8 Å². The Balaban J connectivity index is 2.90. The van der Waals surface area contributed by atoms with Gasteiger partial charge in [0.1, 0.15) is 0 Å². The predicted octanol–water partition coefficient (Wildman–Crippen LogP) is 3.22. The van der Waals surface area contributed by atoms with Crippen molar-refractivity contribution < 1.29 is 4.79 Å². The smallest absolute Gasteiger partial charge is 0.160 e. The van der Waals surface area contributed by atoms with Crippen LogP contribution in [0.25, 0.3) is 10.8 Å². The number of rotatable bonds is 1. The topological polar surface area (TPSA) is 17.1 Å². The lowest BCUT2D eigenvalue weighted by Gasteiger charge is -2.06. The van der Waals surface area contributed by atoms with Crippen molar-refractivity contribution in [3.63, 3.8) is 0 Å². The van der Waals surface area contributed by atoms with Crippen molar-refractivity contribution in [2.24, 2.45) is 0 Å². The second-order valence-electron chi connectivity index (χ2n) is 3.38. The van der Waals surface area contributed by atoms with E-state index in [9.17, 15) is 4.79 Å². The number of Topliss-reactive ketones (excluding diaryl/α,β-unsaturated/α-hetero) is 1. The minimum Gasteiger partial charge on any atom is -0.294 e. The van der Waals surface area contributed by atoms with Crippen LogP contribution in [0.15, 0.2) is 36.4 Å². The molecular weight excluding hydrogens is 172 g/mol. The minimum absolute atomic E-state index is 0.0757. The average molecular weight is 183 g/mol. The molecule has 0 saturated heterocycles. The SMILES string of the molecule is [CH2]c1ccc2ccccc2c1C(C)=O. The Kier molecular flexibility index (Phi) is 2.08. The summed E-state index contributed by atoms with van der Waals surface area (Å²) in [6.07, 6.45) is 0. The summed E-state index contributed by atoms with van der Waals surface area (Å²) in [4.78, 5) is 11.4. The Morgan fingerprint density at radius 1 is 1.14 bits per heavy atom. The highest BCUT2D eigenvalue weighted by Crippen LogP contribution is 2.22. The summed E-state index contributed by atoms with van der Waals surface area (Å²) < 4.78 is 0. The highest BCUT2D eigenvalue weighted by Gasteiger charge is 2.07. The van der Waals surface area contributed by atoms with Gasteiger partial charge in [-0.15, -0.1) is 0 Å². The zero-order valence-electron chi connectivity index (χ0n) is 8.08. The Hall–Kier alpha value is -1.63. The number of hydrogen-bond acceptors (Lipinski definition) is 1. The van der Waals surface area contributed by atoms with Crippen molar-refractivity contribution in [1.82, 2.24) is 0 Å². The van der Waals surface area contributed by atoms with Gasteiger partial charge in [0.2, 0.25) is 0 Å². The molecule has 2 aromatic carbocycles. The molecule has 0 atom stereocenters. The third-order valence-electron chi connectivity index (χ3n) is 2.37. The van der Waals surface area contributed by atoms with Crippen LogP contribution in [0.2, 0.25) is 0 Å². The molecule has 0 aliphatic rings. The Morgan fingerprint density at radius 2 is 1.86 bits per heavy atom. The van der Waals surface area contributed by atoms with Crippen LogP contribution in [0.5, 0.6) is 0 Å². The molecule has 14 heavy (non-hydrogen) atoms. The summed E-state index contributed by atoms with van der Waals surface area (Å²) in [6, 6.07) is 11.7. The van der Waals surface area contributed by atoms with Gasteiger partial charge in [0.25, 0.3) is 0 Å². The molecule has 69 valence electrons. The van der Waals surface area contributed by atoms with Gasteiger partial charge in [-0.2, -0.15) is 0 Å². The number of hydrogen-bond donors (Lipinski definition) is 0. The number of carbonyl (C=O) groups excluding carboxylic acids is 1. The molecule has 0 unspecified atom stereocenters. The molecule has 0 heterocycles. The molecule has 1 radical (unpaired) electrons. The van der Waals surface area contributed by atoms with E-state index in [1.165, 1.54) is 0 Å². The molecule has 0 spiro atoms. The standard InChI is InChI=1S/C13H11O/c1-9-7-8-11-5-3-4-6-12(11)13(9)10(2)14/h3-8H,1H2,2H3. The first-order valence-corrected chi connectivity index (χ1v) is 4.55. The van der Waals surface area contributed by atoms with Gasteiger partial charge >= 0.3 is 0 Å². The van der Waals surface area contributed by atoms with Crippen molar-refractivity contribution in [2.45, 2.75) is 6.92 Å². The lowest BCUT2D eigenvalue weighted by Crippen LogP contribution is -1.97. The molecular formula is C13H11O. The van der Waals surface area contributed by atoms with Crippen LogP contribution >= 0.6 is 0 Å². The fraction of sp³-hybridized carbons (Fsp3) is 0.0769. The van der Waals surface area contributed by atoms with Crippen molar-refractivity contribution in [2.75, 3.05) is 0 Å². The third-order valence-corrected chi connectivity index (χ3v) is 2.37. The highest BCUT2D eigenvalue weighted by atomic mass is 16.1. The van der Waals surface area contributed by atoms with Gasteiger partial charge in [0, 0.05) is 5.56 Å². The van der Waals surface area contributed by atoms with Crippen molar-refractivity contribution >= 4 is 16.6 Å². The van der Waals surface area contributed by atoms with Crippen LogP contribution in [0, 0.1) is 6.92 Å². The Morgan fingerprint density at radius 3 is 2.57 bits per heavy atom. The van der Waals surface area contributed by atoms with E-state index in [4.69, 9.17) is 0 Å². The van der Waals surface area contributed by atoms with E-state index >= 15 is 0 Å². The van der Waals surface area contributed by atoms with Gasteiger partial charge in [-0.3, -0.25) is 4.79 Å². The van der Waals surface area contributed by atoms with E-state index in [1.54, 1.807) is 6.92 Å². The Bertz CT molecular complexity index is 498. The summed E-state index contributed by atoms with van der Waals surface area (Å²) in [6.45, 7) is 5.45. The zero-order chi connectivity index (χ0) is 10.1. The van der Waals surface area contributed by atoms with E-state index in [-0.39, 0.29) is 5.78 Å². The normalized spacial score (nSPS) is 10.4. The van der Waals surface area contributed by atoms with Crippen molar-refractivity contribution in [3.05, 3.63) is 54.4 Å². The molecule has 2 rings (SSSR count). The second kappa shape index (κ2) is 3.26. The lowest BCUT2D eigenvalue weighted by molar-refractivity contribution is 0.101. The third kappa shape index (κ3) is 1.31. The molecule has 0 aliphatic heterocycles. The summed E-state index contributed by atoms with van der Waals surface area (Å²) in [5.41, 5.74) is 1.54. The van der Waals surface area contributed by atoms with Crippen LogP contribution in [-0.2, 0) is 0 Å². The van der Waals surface area contributed by atoms with E-state index in [2.05, 4.69) is 6.92 Å². The quantitative estimate of drug-likeness (QED) is 0.620. The van der Waals surface area contributed by atoms with Gasteiger partial charge in [0.15, 0.2) is 5.78 Å². The summed E-state index contributed by atoms with van der Waals surface area (Å²) in [5.74, 6) is 0.0757. The molecule has 0 aliphatic carbocycles. The molecule has 0 aromatic heterocycles. The van der Waals surface area contributed by atoms with Gasteiger partial charge in [-0.25, -0.2) is 0 Å². The largest absolute Gasteiger partial charge is 0.294 e. The van der Waals surface area contributed by atoms with Crippen LogP contribution in [0.4, 0.5) is 0 Å². The fourth-order valence-electron chi connectivity index (χ4n) is 1.73. The molecule has 1 nitrogen and oxygen atoms in total. The van der Waals surface area contributed by atoms with Gasteiger partial charge in [0.05, 0.1) is 0 Å². The molecule has 2 aromatic rings. The van der Waals surface area contributed by atoms with Gasteiger partial charge < -0.3 is 0 Å². The summed E-state index contributed by atoms with van der Waals surface area (Å²) in [5, 5.41) is 2.08. The number of benzene rings is 2. The van der Waals surface area contributed by atoms with E-state index < -0.39 is 0 Å². The number of ketones is 1. The maximum atomic E-state index is 11.4. The van der Waals surface area contributed by atoms with Gasteiger partial charge in [-0.05, 0) is 30.2 Å². The van der Waals surface area contributed by atoms with Crippen molar-refractivity contribution in [1.29, 1.82) is 0 Å². The molecule has 0 amide bonds. The van der Waals surface area contributed by atoms with E-state index in [0.29, 0.717) is 0 Å². The molecule has 0 fully saturated rings. The van der Waals surface area contributed by atoms with Crippen LogP contribution in [0.3, 0.4) is 0 Å². The van der Waals surface area contributed by atoms with Gasteiger partial charge in [-0.1, -0.05) is 36.4 Å². The summed E-state index contributed by atoms with van der Waals surface area (Å²) in [7, 11) is 0. The van der Waals surface area contributed by atoms with Crippen molar-refractivity contribution in [3.8, 4) is 0 Å². The molecule has 0 saturated carbocycles. The monoisotopic (exact) mass is 183 g/mol. The Labute approximate surface area is 83.4 Å². The second-order valence-corrected chi connectivity index (χ2v) is 3.38. The first kappa shape index (κ1) is 8.95. The van der Waals surface area contributed by atoms with E-state index in [1.807, 2.05) is 36.4 Å². The fourth-order valence-corrected chi connectivity index (χ4v) is 1.73. The predicted molar refractivity (Wildman–Crippen MR) is 58.4 cm³/mol. The molecule has 0 bridgehead atoms. The zero-order valence-corrected chi connectivity index (χ0v) is 8.08. The van der Waals surface area contributed by atoms with E-state index in [0.717, 1.165) is 21.9 Å². The minimum atomic E-state index is 0.0757. The first-order valence-electron chi connectivity index (χ1n) is 4.55. The highest BCUT2D eigenvalue weighted by molar-refractivity contribution is 6.08. The number of carbonyl (C=O) groups is 1. The maximum Gasteiger partial charge on any atom is 0.160 e. The molecule has 0 N–H and O–H groups in total. The summed E-state index contributed by atoms with van der Waals surface area (Å²) >= 11 is 0. The number of fused-ring (bicyclic) bond motifs is 1. The average Bonchev–Trinajstić information content (AvgIpc) is 2.17. The van der Waals surface area contributed by atoms with Crippen LogP contribution in [-0.4, -0.2) is 5.78 Å². The first-order chi connectivity index (χ1) is 6.70. The van der Waals surface area contributed by atoms with Crippen LogP contribution < -0.4 is 0 Å².